The first kappa shape index (κ1) is 15.7. The van der Waals surface area contributed by atoms with Gasteiger partial charge in [0.25, 0.3) is 0 Å². The van der Waals surface area contributed by atoms with Gasteiger partial charge >= 0.3 is 0 Å². The zero-order valence-corrected chi connectivity index (χ0v) is 14.8. The molecule has 0 radical (unpaired) electrons. The highest BCUT2D eigenvalue weighted by Gasteiger charge is 2.78. The Kier molecular flexibility index (Phi) is 3.03. The Morgan fingerprint density at radius 3 is 2.84 bits per heavy atom. The summed E-state index contributed by atoms with van der Waals surface area (Å²) < 4.78 is 17.5. The molecule has 2 saturated heterocycles. The predicted molar refractivity (Wildman–Crippen MR) is 89.2 cm³/mol. The second-order valence-corrected chi connectivity index (χ2v) is 7.99. The number of allylic oxidation sites excluding steroid dienone is 3. The second kappa shape index (κ2) is 4.81. The number of likely N-dealkylation sites (tertiary alicyclic amines) is 1. The van der Waals surface area contributed by atoms with Crippen LogP contribution in [0.3, 0.4) is 0 Å². The van der Waals surface area contributed by atoms with E-state index in [0.717, 1.165) is 25.1 Å². The number of hydrogen-bond donors (Lipinski definition) is 2. The molecule has 2 aliphatic heterocycles. The molecule has 0 amide bonds. The summed E-state index contributed by atoms with van der Waals surface area (Å²) in [7, 11) is 5.27. The van der Waals surface area contributed by atoms with Crippen LogP contribution in [-0.2, 0) is 14.2 Å². The lowest BCUT2D eigenvalue weighted by Crippen LogP contribution is -2.76. The van der Waals surface area contributed by atoms with Crippen LogP contribution in [0.1, 0.15) is 12.8 Å². The highest BCUT2D eigenvalue weighted by molar-refractivity contribution is 5.44. The Morgan fingerprint density at radius 1 is 1.32 bits per heavy atom. The minimum atomic E-state index is -1.18. The number of ether oxygens (including phenoxy) is 3. The second-order valence-electron chi connectivity index (χ2n) is 7.99. The van der Waals surface area contributed by atoms with E-state index in [1.807, 2.05) is 6.08 Å². The first-order valence-corrected chi connectivity index (χ1v) is 8.99. The Morgan fingerprint density at radius 2 is 2.12 bits per heavy atom. The SMILES string of the molecule is COC1=C[C@H](O)[C@@H]2OC3=C(OC)C=CC4C[C@H]5N(C)CC[C@@]2(C34)[C@@]15O. The molecule has 5 aliphatic rings. The third kappa shape index (κ3) is 1.53. The number of nitrogens with zero attached hydrogens (tertiary/aromatic N) is 1. The maximum Gasteiger partial charge on any atom is 0.156 e. The fourth-order valence-electron chi connectivity index (χ4n) is 6.36. The molecule has 2 unspecified atom stereocenters. The van der Waals surface area contributed by atoms with Crippen LogP contribution < -0.4 is 0 Å². The van der Waals surface area contributed by atoms with E-state index in [9.17, 15) is 10.2 Å². The lowest BCUT2D eigenvalue weighted by molar-refractivity contribution is -0.241. The summed E-state index contributed by atoms with van der Waals surface area (Å²) >= 11 is 0. The topological polar surface area (TPSA) is 71.4 Å². The molecule has 7 atom stereocenters. The summed E-state index contributed by atoms with van der Waals surface area (Å²) in [5.74, 6) is 2.23. The quantitative estimate of drug-likeness (QED) is 0.769. The van der Waals surface area contributed by atoms with Crippen LogP contribution >= 0.6 is 0 Å². The molecule has 136 valence electrons. The monoisotopic (exact) mass is 347 g/mol. The molecule has 3 aliphatic carbocycles. The molecule has 25 heavy (non-hydrogen) atoms. The Bertz CT molecular complexity index is 715. The van der Waals surface area contributed by atoms with E-state index in [4.69, 9.17) is 14.2 Å². The lowest BCUT2D eigenvalue weighted by Gasteiger charge is -2.65. The van der Waals surface area contributed by atoms with Crippen LogP contribution in [0, 0.1) is 17.3 Å². The lowest BCUT2D eigenvalue weighted by atomic mass is 9.45. The van der Waals surface area contributed by atoms with Crippen LogP contribution in [0.4, 0.5) is 0 Å². The standard InChI is InChI=1S/C19H25NO5/c1-20-7-6-18-15-10-4-5-12(23-2)16(15)25-17(18)11(21)9-14(24-3)19(18,22)13(20)8-10/h4-5,9-11,13,15,17,21-22H,6-8H2,1-3H3/t10?,11-,13+,15?,17-,18-,19-/m0/s1. The van der Waals surface area contributed by atoms with E-state index in [0.29, 0.717) is 11.5 Å². The largest absolute Gasteiger partial charge is 0.498 e. The van der Waals surface area contributed by atoms with Crippen molar-refractivity contribution in [2.24, 2.45) is 17.3 Å². The van der Waals surface area contributed by atoms with Crippen molar-refractivity contribution < 1.29 is 24.4 Å². The van der Waals surface area contributed by atoms with Crippen LogP contribution in [0.2, 0.25) is 0 Å². The van der Waals surface area contributed by atoms with Crippen molar-refractivity contribution in [2.75, 3.05) is 27.8 Å². The number of aliphatic hydroxyl groups excluding tert-OH is 1. The zero-order chi connectivity index (χ0) is 17.6. The summed E-state index contributed by atoms with van der Waals surface area (Å²) in [5, 5.41) is 22.9. The Labute approximate surface area is 147 Å². The fraction of sp³-hybridized carbons (Fsp3) is 0.684. The number of likely N-dealkylation sites (N-methyl/N-ethyl adjacent to an activating group) is 1. The molecule has 0 aromatic carbocycles. The molecule has 1 saturated carbocycles. The maximum absolute atomic E-state index is 12.1. The zero-order valence-electron chi connectivity index (χ0n) is 14.8. The Hall–Kier alpha value is -1.50. The van der Waals surface area contributed by atoms with E-state index in [2.05, 4.69) is 18.0 Å². The summed E-state index contributed by atoms with van der Waals surface area (Å²) in [5.41, 5.74) is -1.78. The first-order valence-electron chi connectivity index (χ1n) is 8.99. The maximum atomic E-state index is 12.1. The van der Waals surface area contributed by atoms with Crippen molar-refractivity contribution in [3.8, 4) is 0 Å². The number of hydrogen-bond acceptors (Lipinski definition) is 6. The van der Waals surface area contributed by atoms with E-state index < -0.39 is 23.2 Å². The van der Waals surface area contributed by atoms with Gasteiger partial charge in [-0.1, -0.05) is 6.08 Å². The Balaban J connectivity index is 1.79. The van der Waals surface area contributed by atoms with Gasteiger partial charge < -0.3 is 29.3 Å². The van der Waals surface area contributed by atoms with E-state index in [-0.39, 0.29) is 17.9 Å². The van der Waals surface area contributed by atoms with Crippen molar-refractivity contribution in [1.29, 1.82) is 0 Å². The fourth-order valence-corrected chi connectivity index (χ4v) is 6.36. The van der Waals surface area contributed by atoms with Crippen LogP contribution in [0.15, 0.2) is 35.5 Å². The highest BCUT2D eigenvalue weighted by Crippen LogP contribution is 2.69. The average Bonchev–Trinajstić information content (AvgIpc) is 2.96. The van der Waals surface area contributed by atoms with Gasteiger partial charge in [-0.25, -0.2) is 0 Å². The normalized spacial score (nSPS) is 50.1. The van der Waals surface area contributed by atoms with Gasteiger partial charge in [0, 0.05) is 12.0 Å². The molecular formula is C19H25NO5. The molecule has 2 heterocycles. The summed E-state index contributed by atoms with van der Waals surface area (Å²) in [6, 6.07) is -0.0691. The number of piperidine rings is 1. The number of methoxy groups -OCH3 is 2. The van der Waals surface area contributed by atoms with Crippen molar-refractivity contribution in [3.05, 3.63) is 35.5 Å². The smallest absolute Gasteiger partial charge is 0.156 e. The van der Waals surface area contributed by atoms with Crippen molar-refractivity contribution >= 4 is 0 Å². The van der Waals surface area contributed by atoms with Gasteiger partial charge in [-0.15, -0.1) is 0 Å². The van der Waals surface area contributed by atoms with Crippen molar-refractivity contribution in [3.63, 3.8) is 0 Å². The summed E-state index contributed by atoms with van der Waals surface area (Å²) in [6.45, 7) is 0.860. The molecular weight excluding hydrogens is 322 g/mol. The minimum absolute atomic E-state index is 0.000833. The molecule has 0 aromatic rings. The molecule has 3 fully saturated rings. The third-order valence-corrected chi connectivity index (χ3v) is 7.31. The molecule has 2 bridgehead atoms. The molecule has 1 spiro atoms. The first-order chi connectivity index (χ1) is 12.0. The minimum Gasteiger partial charge on any atom is -0.498 e. The molecule has 6 nitrogen and oxygen atoms in total. The summed E-state index contributed by atoms with van der Waals surface area (Å²) in [6.07, 6.45) is 6.06. The highest BCUT2D eigenvalue weighted by atomic mass is 16.5. The van der Waals surface area contributed by atoms with Gasteiger partial charge in [0.2, 0.25) is 0 Å². The van der Waals surface area contributed by atoms with Gasteiger partial charge in [-0.2, -0.15) is 0 Å². The molecule has 0 aromatic heterocycles. The van der Waals surface area contributed by atoms with Crippen LogP contribution in [-0.4, -0.2) is 66.8 Å². The van der Waals surface area contributed by atoms with Gasteiger partial charge in [-0.05, 0) is 44.5 Å². The average molecular weight is 347 g/mol. The van der Waals surface area contributed by atoms with Gasteiger partial charge in [0.1, 0.15) is 29.3 Å². The van der Waals surface area contributed by atoms with Crippen LogP contribution in [0.5, 0.6) is 0 Å². The third-order valence-electron chi connectivity index (χ3n) is 7.31. The van der Waals surface area contributed by atoms with Crippen molar-refractivity contribution in [1.82, 2.24) is 4.90 Å². The van der Waals surface area contributed by atoms with Crippen LogP contribution in [0.25, 0.3) is 0 Å². The van der Waals surface area contributed by atoms with Gasteiger partial charge in [-0.3, -0.25) is 0 Å². The molecule has 2 N–H and O–H groups in total. The van der Waals surface area contributed by atoms with Gasteiger partial charge in [0.15, 0.2) is 5.76 Å². The van der Waals surface area contributed by atoms with E-state index in [1.165, 1.54) is 0 Å². The number of rotatable bonds is 2. The molecule has 5 rings (SSSR count). The predicted octanol–water partition coefficient (Wildman–Crippen LogP) is 0.775. The van der Waals surface area contributed by atoms with E-state index >= 15 is 0 Å². The summed E-state index contributed by atoms with van der Waals surface area (Å²) in [4.78, 5) is 2.23. The van der Waals surface area contributed by atoms with Crippen molar-refractivity contribution in [2.45, 2.75) is 36.7 Å². The van der Waals surface area contributed by atoms with Gasteiger partial charge in [0.05, 0.1) is 19.6 Å². The number of aliphatic hydroxyl groups is 2. The van der Waals surface area contributed by atoms with E-state index in [1.54, 1.807) is 20.3 Å². The molecule has 6 heteroatoms.